The molecule has 22 heavy (non-hydrogen) atoms. The maximum Gasteiger partial charge on any atom is 0.273 e. The number of hydrogen-bond acceptors (Lipinski definition) is 2. The minimum absolute atomic E-state index is 0.172. The van der Waals surface area contributed by atoms with E-state index in [4.69, 9.17) is 0 Å². The number of carbonyl (C=O) groups is 1. The van der Waals surface area contributed by atoms with Crippen LogP contribution in [0.2, 0.25) is 0 Å². The van der Waals surface area contributed by atoms with Gasteiger partial charge in [-0.25, -0.2) is 5.43 Å². The van der Waals surface area contributed by atoms with E-state index in [1.807, 2.05) is 60.4 Å². The van der Waals surface area contributed by atoms with Gasteiger partial charge in [0.1, 0.15) is 0 Å². The lowest BCUT2D eigenvalue weighted by Gasteiger charge is -2.00. The van der Waals surface area contributed by atoms with Crippen LogP contribution < -0.4 is 5.43 Å². The van der Waals surface area contributed by atoms with Crippen LogP contribution in [0.25, 0.3) is 10.9 Å². The number of aryl methyl sites for hydroxylation is 2. The lowest BCUT2D eigenvalue weighted by atomic mass is 10.2. The van der Waals surface area contributed by atoms with Crippen LogP contribution in [-0.2, 0) is 13.6 Å². The number of hydrazone groups is 1. The first-order chi connectivity index (χ1) is 10.7. The first kappa shape index (κ1) is 12.9. The summed E-state index contributed by atoms with van der Waals surface area (Å²) in [5.41, 5.74) is 6.40. The Bertz CT molecular complexity index is 900. The van der Waals surface area contributed by atoms with Crippen molar-refractivity contribution in [3.63, 3.8) is 0 Å². The average molecular weight is 292 g/mol. The maximum atomic E-state index is 12.4. The highest BCUT2D eigenvalue weighted by molar-refractivity contribution is 6.08. The molecule has 0 saturated heterocycles. The van der Waals surface area contributed by atoms with E-state index < -0.39 is 0 Å². The monoisotopic (exact) mass is 292 g/mol. The fraction of sp³-hybridized carbons (Fsp3) is 0.176. The third-order valence-corrected chi connectivity index (χ3v) is 4.15. The van der Waals surface area contributed by atoms with Gasteiger partial charge in [0, 0.05) is 43.3 Å². The summed E-state index contributed by atoms with van der Waals surface area (Å²) in [5.74, 6) is -0.172. The number of carbonyl (C=O) groups excluding carboxylic acids is 1. The predicted molar refractivity (Wildman–Crippen MR) is 86.0 cm³/mol. The summed E-state index contributed by atoms with van der Waals surface area (Å²) in [6.07, 6.45) is 4.73. The van der Waals surface area contributed by atoms with Crippen LogP contribution in [0, 0.1) is 0 Å². The number of hydrogen-bond donors (Lipinski definition) is 1. The molecule has 1 amide bonds. The van der Waals surface area contributed by atoms with Crippen molar-refractivity contribution < 1.29 is 4.79 Å². The number of fused-ring (bicyclic) bond motifs is 2. The largest absolute Gasteiger partial charge is 0.350 e. The molecule has 0 aliphatic carbocycles. The first-order valence-electron chi connectivity index (χ1n) is 7.30. The molecule has 3 aromatic rings. The molecule has 5 heteroatoms. The quantitative estimate of drug-likeness (QED) is 0.725. The van der Waals surface area contributed by atoms with Crippen molar-refractivity contribution in [3.8, 4) is 0 Å². The molecule has 2 aromatic heterocycles. The molecule has 1 aliphatic rings. The standard InChI is InChI=1S/C17H16N4O/c1-20-11-13(12-5-2-3-6-15(12)20)17(22)19-18-14-8-10-21-9-4-7-16(14)21/h2-7,9,11H,8,10H2,1H3,(H,19,22)/b18-14-. The summed E-state index contributed by atoms with van der Waals surface area (Å²) in [6.45, 7) is 0.922. The Morgan fingerprint density at radius 1 is 1.23 bits per heavy atom. The fourth-order valence-corrected chi connectivity index (χ4v) is 3.04. The highest BCUT2D eigenvalue weighted by Gasteiger charge is 2.18. The number of rotatable bonds is 2. The van der Waals surface area contributed by atoms with Gasteiger partial charge in [0.25, 0.3) is 5.91 Å². The molecule has 0 radical (unpaired) electrons. The third kappa shape index (κ3) is 1.94. The summed E-state index contributed by atoms with van der Waals surface area (Å²) < 4.78 is 4.10. The van der Waals surface area contributed by atoms with Gasteiger partial charge < -0.3 is 9.13 Å². The van der Waals surface area contributed by atoms with Gasteiger partial charge in [-0.3, -0.25) is 4.79 Å². The zero-order valence-corrected chi connectivity index (χ0v) is 12.3. The highest BCUT2D eigenvalue weighted by Crippen LogP contribution is 2.20. The number of amides is 1. The lowest BCUT2D eigenvalue weighted by molar-refractivity contribution is 0.0956. The second-order valence-corrected chi connectivity index (χ2v) is 5.51. The molecule has 4 rings (SSSR count). The van der Waals surface area contributed by atoms with Crippen molar-refractivity contribution in [2.45, 2.75) is 13.0 Å². The van der Waals surface area contributed by atoms with Crippen LogP contribution in [0.3, 0.4) is 0 Å². The maximum absolute atomic E-state index is 12.4. The Kier molecular flexibility index (Phi) is 2.85. The van der Waals surface area contributed by atoms with E-state index in [1.165, 1.54) is 0 Å². The van der Waals surface area contributed by atoms with Gasteiger partial charge in [0.05, 0.1) is 17.0 Å². The van der Waals surface area contributed by atoms with Crippen molar-refractivity contribution in [2.24, 2.45) is 12.1 Å². The highest BCUT2D eigenvalue weighted by atomic mass is 16.2. The second kappa shape index (κ2) is 4.87. The molecule has 0 unspecified atom stereocenters. The van der Waals surface area contributed by atoms with Gasteiger partial charge >= 0.3 is 0 Å². The van der Waals surface area contributed by atoms with E-state index in [-0.39, 0.29) is 5.91 Å². The summed E-state index contributed by atoms with van der Waals surface area (Å²) >= 11 is 0. The molecule has 1 aliphatic heterocycles. The van der Waals surface area contributed by atoms with Crippen molar-refractivity contribution >= 4 is 22.5 Å². The SMILES string of the molecule is Cn1cc(C(=O)N/N=C2/CCn3cccc32)c2ccccc21. The van der Waals surface area contributed by atoms with E-state index in [0.717, 1.165) is 35.3 Å². The summed E-state index contributed by atoms with van der Waals surface area (Å²) in [5, 5.41) is 5.26. The van der Waals surface area contributed by atoms with Crippen molar-refractivity contribution in [1.82, 2.24) is 14.6 Å². The van der Waals surface area contributed by atoms with E-state index in [1.54, 1.807) is 0 Å². The van der Waals surface area contributed by atoms with Gasteiger partial charge in [-0.05, 0) is 18.2 Å². The van der Waals surface area contributed by atoms with Gasteiger partial charge in [-0.2, -0.15) is 5.10 Å². The fourth-order valence-electron chi connectivity index (χ4n) is 3.04. The topological polar surface area (TPSA) is 51.3 Å². The Hall–Kier alpha value is -2.82. The zero-order chi connectivity index (χ0) is 15.1. The number of nitrogens with zero attached hydrogens (tertiary/aromatic N) is 3. The minimum Gasteiger partial charge on any atom is -0.350 e. The van der Waals surface area contributed by atoms with E-state index >= 15 is 0 Å². The Labute approximate surface area is 127 Å². The van der Waals surface area contributed by atoms with Crippen LogP contribution in [0.4, 0.5) is 0 Å². The van der Waals surface area contributed by atoms with Crippen LogP contribution in [0.5, 0.6) is 0 Å². The van der Waals surface area contributed by atoms with Gasteiger partial charge in [0.15, 0.2) is 0 Å². The molecule has 3 heterocycles. The van der Waals surface area contributed by atoms with Crippen molar-refractivity contribution in [2.75, 3.05) is 0 Å². The summed E-state index contributed by atoms with van der Waals surface area (Å²) in [6, 6.07) is 11.9. The van der Waals surface area contributed by atoms with E-state index in [9.17, 15) is 4.79 Å². The predicted octanol–water partition coefficient (Wildman–Crippen LogP) is 2.52. The minimum atomic E-state index is -0.172. The number of nitrogens with one attached hydrogen (secondary N) is 1. The molecule has 0 bridgehead atoms. The third-order valence-electron chi connectivity index (χ3n) is 4.15. The molecule has 5 nitrogen and oxygen atoms in total. The molecule has 0 spiro atoms. The Morgan fingerprint density at radius 2 is 2.09 bits per heavy atom. The van der Waals surface area contributed by atoms with Crippen LogP contribution in [0.15, 0.2) is 53.9 Å². The molecule has 110 valence electrons. The van der Waals surface area contributed by atoms with Crippen LogP contribution in [-0.4, -0.2) is 20.8 Å². The molecule has 0 saturated carbocycles. The number of aromatic nitrogens is 2. The smallest absolute Gasteiger partial charge is 0.273 e. The lowest BCUT2D eigenvalue weighted by Crippen LogP contribution is -2.19. The molecular formula is C17H16N4O. The van der Waals surface area contributed by atoms with Crippen molar-refractivity contribution in [3.05, 3.63) is 60.0 Å². The molecule has 1 N–H and O–H groups in total. The van der Waals surface area contributed by atoms with Crippen LogP contribution >= 0.6 is 0 Å². The van der Waals surface area contributed by atoms with Gasteiger partial charge in [0.2, 0.25) is 0 Å². The molecule has 0 atom stereocenters. The van der Waals surface area contributed by atoms with Gasteiger partial charge in [-0.15, -0.1) is 0 Å². The zero-order valence-electron chi connectivity index (χ0n) is 12.3. The van der Waals surface area contributed by atoms with Gasteiger partial charge in [-0.1, -0.05) is 18.2 Å². The second-order valence-electron chi connectivity index (χ2n) is 5.51. The molecular weight excluding hydrogens is 276 g/mol. The Balaban J connectivity index is 1.63. The van der Waals surface area contributed by atoms with E-state index in [0.29, 0.717) is 5.56 Å². The first-order valence-corrected chi connectivity index (χ1v) is 7.30. The Morgan fingerprint density at radius 3 is 3.00 bits per heavy atom. The number of benzene rings is 1. The summed E-state index contributed by atoms with van der Waals surface area (Å²) in [4.78, 5) is 12.4. The average Bonchev–Trinajstić information content (AvgIpc) is 3.21. The van der Waals surface area contributed by atoms with Crippen molar-refractivity contribution in [1.29, 1.82) is 0 Å². The normalized spacial score (nSPS) is 15.4. The summed E-state index contributed by atoms with van der Waals surface area (Å²) in [7, 11) is 1.94. The molecule has 0 fully saturated rings. The number of para-hydroxylation sites is 1. The van der Waals surface area contributed by atoms with Crippen LogP contribution in [0.1, 0.15) is 22.5 Å². The molecule has 1 aromatic carbocycles. The van der Waals surface area contributed by atoms with E-state index in [2.05, 4.69) is 15.1 Å².